The van der Waals surface area contributed by atoms with Crippen molar-refractivity contribution < 1.29 is 8.78 Å². The summed E-state index contributed by atoms with van der Waals surface area (Å²) >= 11 is 0. The van der Waals surface area contributed by atoms with Gasteiger partial charge in [-0.3, -0.25) is 0 Å². The lowest BCUT2D eigenvalue weighted by Gasteiger charge is -2.25. The Bertz CT molecular complexity index is 405. The third-order valence-electron chi connectivity index (χ3n) is 3.25. The lowest BCUT2D eigenvalue weighted by Crippen LogP contribution is -2.22. The molecule has 2 N–H and O–H groups in total. The predicted octanol–water partition coefficient (Wildman–Crippen LogP) is 3.39. The molecule has 3 nitrogen and oxygen atoms in total. The number of anilines is 2. The van der Waals surface area contributed by atoms with Crippen LogP contribution < -0.4 is 10.6 Å². The summed E-state index contributed by atoms with van der Waals surface area (Å²) < 4.78 is 27.0. The third-order valence-corrected chi connectivity index (χ3v) is 3.25. The van der Waals surface area contributed by atoms with Gasteiger partial charge < -0.3 is 10.6 Å². The summed E-state index contributed by atoms with van der Waals surface area (Å²) in [7, 11) is 0. The quantitative estimate of drug-likeness (QED) is 0.818. The van der Waals surface area contributed by atoms with Crippen LogP contribution in [0.25, 0.3) is 0 Å². The number of aromatic nitrogens is 1. The zero-order chi connectivity index (χ0) is 13.0. The Morgan fingerprint density at radius 2 is 1.89 bits per heavy atom. The summed E-state index contributed by atoms with van der Waals surface area (Å²) in [5.74, 6) is -0.413. The number of pyridine rings is 1. The number of rotatable bonds is 6. The maximum Gasteiger partial charge on any atom is 0.168 e. The second-order valence-corrected chi connectivity index (χ2v) is 4.75. The van der Waals surface area contributed by atoms with Gasteiger partial charge in [0.25, 0.3) is 0 Å². The van der Waals surface area contributed by atoms with Gasteiger partial charge in [0.05, 0.1) is 0 Å². The van der Waals surface area contributed by atoms with E-state index in [-0.39, 0.29) is 11.6 Å². The van der Waals surface area contributed by atoms with Crippen LogP contribution in [0.15, 0.2) is 6.07 Å². The van der Waals surface area contributed by atoms with Crippen LogP contribution >= 0.6 is 0 Å². The molecule has 1 aromatic heterocycles. The Morgan fingerprint density at radius 1 is 1.22 bits per heavy atom. The van der Waals surface area contributed by atoms with Crippen LogP contribution in [0.1, 0.15) is 32.6 Å². The molecule has 0 aromatic carbocycles. The molecule has 1 aliphatic rings. The van der Waals surface area contributed by atoms with E-state index in [9.17, 15) is 8.78 Å². The highest BCUT2D eigenvalue weighted by molar-refractivity contribution is 5.47. The zero-order valence-electron chi connectivity index (χ0n) is 10.6. The van der Waals surface area contributed by atoms with Crippen LogP contribution in [0.4, 0.5) is 20.4 Å². The SMILES string of the molecule is CCCNc1nc(NCC2CCC2)c(F)cc1F. The lowest BCUT2D eigenvalue weighted by atomic mass is 9.85. The van der Waals surface area contributed by atoms with Crippen molar-refractivity contribution in [3.63, 3.8) is 0 Å². The minimum atomic E-state index is -0.643. The van der Waals surface area contributed by atoms with E-state index < -0.39 is 11.6 Å². The van der Waals surface area contributed by atoms with Crippen molar-refractivity contribution in [1.29, 1.82) is 0 Å². The van der Waals surface area contributed by atoms with Crippen LogP contribution in [0.3, 0.4) is 0 Å². The molecule has 0 bridgehead atoms. The molecule has 0 amide bonds. The molecule has 0 aliphatic heterocycles. The molecule has 18 heavy (non-hydrogen) atoms. The van der Waals surface area contributed by atoms with Crippen molar-refractivity contribution in [2.45, 2.75) is 32.6 Å². The predicted molar refractivity (Wildman–Crippen MR) is 68.8 cm³/mol. The first-order chi connectivity index (χ1) is 8.70. The van der Waals surface area contributed by atoms with Crippen molar-refractivity contribution in [3.05, 3.63) is 17.7 Å². The first-order valence-electron chi connectivity index (χ1n) is 6.54. The van der Waals surface area contributed by atoms with Gasteiger partial charge in [-0.2, -0.15) is 0 Å². The first-order valence-corrected chi connectivity index (χ1v) is 6.54. The summed E-state index contributed by atoms with van der Waals surface area (Å²) in [5, 5.41) is 5.82. The minimum Gasteiger partial charge on any atom is -0.368 e. The van der Waals surface area contributed by atoms with Gasteiger partial charge in [-0.25, -0.2) is 13.8 Å². The highest BCUT2D eigenvalue weighted by Crippen LogP contribution is 2.27. The standard InChI is InChI=1S/C13H19F2N3/c1-2-6-16-12-10(14)7-11(15)13(18-12)17-8-9-4-3-5-9/h7,9H,2-6,8H2,1H3,(H2,16,17,18). The van der Waals surface area contributed by atoms with Crippen molar-refractivity contribution >= 4 is 11.6 Å². The molecule has 0 saturated heterocycles. The summed E-state index contributed by atoms with van der Waals surface area (Å²) in [6.07, 6.45) is 4.46. The Labute approximate surface area is 106 Å². The van der Waals surface area contributed by atoms with E-state index in [1.165, 1.54) is 19.3 Å². The Morgan fingerprint density at radius 3 is 2.44 bits per heavy atom. The van der Waals surface area contributed by atoms with Crippen molar-refractivity contribution in [1.82, 2.24) is 4.98 Å². The van der Waals surface area contributed by atoms with Gasteiger partial charge in [0.15, 0.2) is 23.3 Å². The summed E-state index contributed by atoms with van der Waals surface area (Å²) in [6.45, 7) is 3.31. The summed E-state index contributed by atoms with van der Waals surface area (Å²) in [5.41, 5.74) is 0. The highest BCUT2D eigenvalue weighted by Gasteiger charge is 2.18. The number of halogens is 2. The van der Waals surface area contributed by atoms with Crippen LogP contribution in [-0.4, -0.2) is 18.1 Å². The molecule has 1 aromatic rings. The van der Waals surface area contributed by atoms with Gasteiger partial charge in [-0.1, -0.05) is 13.3 Å². The van der Waals surface area contributed by atoms with Crippen molar-refractivity contribution in [2.75, 3.05) is 23.7 Å². The van der Waals surface area contributed by atoms with Gasteiger partial charge >= 0.3 is 0 Å². The lowest BCUT2D eigenvalue weighted by molar-refractivity contribution is 0.333. The maximum atomic E-state index is 13.5. The number of hydrogen-bond acceptors (Lipinski definition) is 3. The van der Waals surface area contributed by atoms with Crippen molar-refractivity contribution in [3.8, 4) is 0 Å². The highest BCUT2D eigenvalue weighted by atomic mass is 19.1. The molecule has 1 heterocycles. The minimum absolute atomic E-state index is 0.120. The molecule has 100 valence electrons. The smallest absolute Gasteiger partial charge is 0.168 e. The molecule has 1 saturated carbocycles. The molecular weight excluding hydrogens is 236 g/mol. The third kappa shape index (κ3) is 3.09. The van der Waals surface area contributed by atoms with E-state index in [1.807, 2.05) is 6.92 Å². The fourth-order valence-corrected chi connectivity index (χ4v) is 1.90. The normalized spacial score (nSPS) is 15.3. The van der Waals surface area contributed by atoms with E-state index in [4.69, 9.17) is 0 Å². The monoisotopic (exact) mass is 255 g/mol. The van der Waals surface area contributed by atoms with Crippen LogP contribution in [0, 0.1) is 17.6 Å². The van der Waals surface area contributed by atoms with Crippen LogP contribution in [-0.2, 0) is 0 Å². The van der Waals surface area contributed by atoms with Crippen LogP contribution in [0.2, 0.25) is 0 Å². The zero-order valence-corrected chi connectivity index (χ0v) is 10.6. The fraction of sp³-hybridized carbons (Fsp3) is 0.615. The average Bonchev–Trinajstić information content (AvgIpc) is 2.28. The van der Waals surface area contributed by atoms with Crippen molar-refractivity contribution in [2.24, 2.45) is 5.92 Å². The number of nitrogens with one attached hydrogen (secondary N) is 2. The van der Waals surface area contributed by atoms with Gasteiger partial charge in [-0.05, 0) is 25.2 Å². The van der Waals surface area contributed by atoms with E-state index >= 15 is 0 Å². The Balaban J connectivity index is 2.02. The summed E-state index contributed by atoms with van der Waals surface area (Å²) in [6, 6.07) is 0.883. The fourth-order valence-electron chi connectivity index (χ4n) is 1.90. The maximum absolute atomic E-state index is 13.5. The molecule has 1 fully saturated rings. The largest absolute Gasteiger partial charge is 0.368 e. The van der Waals surface area contributed by atoms with Gasteiger partial charge in [0, 0.05) is 19.2 Å². The van der Waals surface area contributed by atoms with E-state index in [0.29, 0.717) is 19.0 Å². The molecular formula is C13H19F2N3. The van der Waals surface area contributed by atoms with E-state index in [1.54, 1.807) is 0 Å². The topological polar surface area (TPSA) is 37.0 Å². The first kappa shape index (κ1) is 13.1. The molecule has 0 unspecified atom stereocenters. The average molecular weight is 255 g/mol. The molecule has 5 heteroatoms. The van der Waals surface area contributed by atoms with Gasteiger partial charge in [0.2, 0.25) is 0 Å². The molecule has 0 atom stereocenters. The van der Waals surface area contributed by atoms with Crippen LogP contribution in [0.5, 0.6) is 0 Å². The Hall–Kier alpha value is -1.39. The Kier molecular flexibility index (Phi) is 4.33. The van der Waals surface area contributed by atoms with E-state index in [2.05, 4.69) is 15.6 Å². The number of hydrogen-bond donors (Lipinski definition) is 2. The number of nitrogens with zero attached hydrogens (tertiary/aromatic N) is 1. The molecule has 0 spiro atoms. The second-order valence-electron chi connectivity index (χ2n) is 4.75. The van der Waals surface area contributed by atoms with E-state index in [0.717, 1.165) is 12.5 Å². The molecule has 1 aliphatic carbocycles. The van der Waals surface area contributed by atoms with Gasteiger partial charge in [0.1, 0.15) is 0 Å². The molecule has 0 radical (unpaired) electrons. The molecule has 2 rings (SSSR count). The van der Waals surface area contributed by atoms with Gasteiger partial charge in [-0.15, -0.1) is 0 Å². The second kappa shape index (κ2) is 5.98. The summed E-state index contributed by atoms with van der Waals surface area (Å²) in [4.78, 5) is 3.97.